The predicted molar refractivity (Wildman–Crippen MR) is 48.9 cm³/mol. The maximum Gasteiger partial charge on any atom is 0.0704 e. The molecule has 0 aromatic heterocycles. The topological polar surface area (TPSA) is 32.3 Å². The molecule has 2 fully saturated rings. The van der Waals surface area contributed by atoms with Crippen molar-refractivity contribution in [2.24, 2.45) is 17.8 Å². The number of rotatable bonds is 2. The number of aliphatic hydroxyl groups is 1. The van der Waals surface area contributed by atoms with Gasteiger partial charge in [0.05, 0.1) is 6.10 Å². The molecule has 0 spiro atoms. The average Bonchev–Trinajstić information content (AvgIpc) is 2.33. The second kappa shape index (κ2) is 3.35. The highest BCUT2D eigenvalue weighted by Crippen LogP contribution is 2.38. The van der Waals surface area contributed by atoms with Crippen LogP contribution in [0.2, 0.25) is 0 Å². The minimum Gasteiger partial charge on any atom is -0.391 e. The molecule has 2 rings (SSSR count). The summed E-state index contributed by atoms with van der Waals surface area (Å²) in [6.45, 7) is 4.17. The van der Waals surface area contributed by atoms with Crippen LogP contribution in [0.4, 0.5) is 0 Å². The first-order valence-electron chi connectivity index (χ1n) is 5.14. The van der Waals surface area contributed by atoms with Gasteiger partial charge in [-0.2, -0.15) is 0 Å². The lowest BCUT2D eigenvalue weighted by Gasteiger charge is -2.34. The SMILES string of the molecule is CC1CC(CC2CNCC2O)C1. The van der Waals surface area contributed by atoms with Crippen molar-refractivity contribution in [1.29, 1.82) is 0 Å². The molecule has 2 atom stereocenters. The van der Waals surface area contributed by atoms with E-state index in [4.69, 9.17) is 0 Å². The zero-order valence-corrected chi connectivity index (χ0v) is 7.79. The summed E-state index contributed by atoms with van der Waals surface area (Å²) in [5.41, 5.74) is 0. The van der Waals surface area contributed by atoms with Crippen molar-refractivity contribution in [1.82, 2.24) is 5.32 Å². The lowest BCUT2D eigenvalue weighted by Crippen LogP contribution is -2.27. The summed E-state index contributed by atoms with van der Waals surface area (Å²) in [4.78, 5) is 0. The normalized spacial score (nSPS) is 47.5. The van der Waals surface area contributed by atoms with E-state index in [-0.39, 0.29) is 6.10 Å². The van der Waals surface area contributed by atoms with Gasteiger partial charge >= 0.3 is 0 Å². The monoisotopic (exact) mass is 169 g/mol. The van der Waals surface area contributed by atoms with Gasteiger partial charge in [-0.3, -0.25) is 0 Å². The molecule has 1 saturated heterocycles. The Morgan fingerprint density at radius 3 is 2.58 bits per heavy atom. The first-order chi connectivity index (χ1) is 5.75. The van der Waals surface area contributed by atoms with Crippen LogP contribution in [0.5, 0.6) is 0 Å². The van der Waals surface area contributed by atoms with Crippen LogP contribution in [0.15, 0.2) is 0 Å². The van der Waals surface area contributed by atoms with Crippen LogP contribution in [0.3, 0.4) is 0 Å². The molecule has 2 unspecified atom stereocenters. The molecule has 0 bridgehead atoms. The summed E-state index contributed by atoms with van der Waals surface area (Å²) < 4.78 is 0. The Labute approximate surface area is 74.4 Å². The quantitative estimate of drug-likeness (QED) is 0.646. The molecular weight excluding hydrogens is 150 g/mol. The van der Waals surface area contributed by atoms with E-state index in [1.165, 1.54) is 19.3 Å². The van der Waals surface area contributed by atoms with E-state index in [1.54, 1.807) is 0 Å². The molecular formula is C10H19NO. The van der Waals surface area contributed by atoms with Crippen molar-refractivity contribution in [3.8, 4) is 0 Å². The van der Waals surface area contributed by atoms with Crippen LogP contribution >= 0.6 is 0 Å². The van der Waals surface area contributed by atoms with E-state index in [0.717, 1.165) is 24.9 Å². The van der Waals surface area contributed by atoms with Crippen LogP contribution in [-0.4, -0.2) is 24.3 Å². The fourth-order valence-electron chi connectivity index (χ4n) is 2.65. The minimum absolute atomic E-state index is 0.0686. The van der Waals surface area contributed by atoms with Gasteiger partial charge in [0.15, 0.2) is 0 Å². The van der Waals surface area contributed by atoms with E-state index in [2.05, 4.69) is 12.2 Å². The maximum atomic E-state index is 9.56. The van der Waals surface area contributed by atoms with Gasteiger partial charge in [-0.05, 0) is 37.0 Å². The van der Waals surface area contributed by atoms with Crippen LogP contribution in [0.25, 0.3) is 0 Å². The summed E-state index contributed by atoms with van der Waals surface area (Å²) >= 11 is 0. The predicted octanol–water partition coefficient (Wildman–Crippen LogP) is 1.00. The Bertz CT molecular complexity index is 154. The lowest BCUT2D eigenvalue weighted by atomic mass is 9.71. The Kier molecular flexibility index (Phi) is 2.37. The minimum atomic E-state index is -0.0686. The smallest absolute Gasteiger partial charge is 0.0704 e. The van der Waals surface area contributed by atoms with Gasteiger partial charge in [0, 0.05) is 13.1 Å². The van der Waals surface area contributed by atoms with E-state index in [0.29, 0.717) is 5.92 Å². The molecule has 2 heteroatoms. The molecule has 0 aromatic carbocycles. The molecule has 0 radical (unpaired) electrons. The van der Waals surface area contributed by atoms with Gasteiger partial charge in [0.1, 0.15) is 0 Å². The second-order valence-electron chi connectivity index (χ2n) is 4.66. The van der Waals surface area contributed by atoms with Gasteiger partial charge in [-0.15, -0.1) is 0 Å². The Morgan fingerprint density at radius 2 is 2.08 bits per heavy atom. The lowest BCUT2D eigenvalue weighted by molar-refractivity contribution is 0.101. The Morgan fingerprint density at radius 1 is 1.33 bits per heavy atom. The first-order valence-corrected chi connectivity index (χ1v) is 5.14. The van der Waals surface area contributed by atoms with Crippen LogP contribution in [0, 0.1) is 17.8 Å². The van der Waals surface area contributed by atoms with Crippen LogP contribution in [0.1, 0.15) is 26.2 Å². The van der Waals surface area contributed by atoms with Crippen molar-refractivity contribution in [3.05, 3.63) is 0 Å². The zero-order valence-electron chi connectivity index (χ0n) is 7.79. The molecule has 1 aliphatic heterocycles. The molecule has 1 saturated carbocycles. The molecule has 12 heavy (non-hydrogen) atoms. The van der Waals surface area contributed by atoms with Gasteiger partial charge in [0.25, 0.3) is 0 Å². The largest absolute Gasteiger partial charge is 0.391 e. The molecule has 2 aliphatic rings. The number of β-amino-alcohol motifs (C(OH)–C–C–N with tert-alkyl or cyclic N) is 1. The highest BCUT2D eigenvalue weighted by atomic mass is 16.3. The second-order valence-corrected chi connectivity index (χ2v) is 4.66. The molecule has 2 N–H and O–H groups in total. The molecule has 2 nitrogen and oxygen atoms in total. The third-order valence-electron chi connectivity index (χ3n) is 3.41. The summed E-state index contributed by atoms with van der Waals surface area (Å²) in [5.74, 6) is 2.41. The fourth-order valence-corrected chi connectivity index (χ4v) is 2.65. The van der Waals surface area contributed by atoms with Gasteiger partial charge in [0.2, 0.25) is 0 Å². The molecule has 0 amide bonds. The summed E-state index contributed by atoms with van der Waals surface area (Å²) in [6, 6.07) is 0. The highest BCUT2D eigenvalue weighted by molar-refractivity contribution is 4.86. The third kappa shape index (κ3) is 1.64. The highest BCUT2D eigenvalue weighted by Gasteiger charge is 2.32. The van der Waals surface area contributed by atoms with Crippen molar-refractivity contribution < 1.29 is 5.11 Å². The zero-order chi connectivity index (χ0) is 8.55. The Hall–Kier alpha value is -0.0800. The average molecular weight is 169 g/mol. The van der Waals surface area contributed by atoms with Crippen molar-refractivity contribution >= 4 is 0 Å². The van der Waals surface area contributed by atoms with E-state index >= 15 is 0 Å². The first kappa shape index (κ1) is 8.52. The molecule has 1 aliphatic carbocycles. The number of hydrogen-bond donors (Lipinski definition) is 2. The van der Waals surface area contributed by atoms with E-state index in [9.17, 15) is 5.11 Å². The van der Waals surface area contributed by atoms with Gasteiger partial charge in [-0.25, -0.2) is 0 Å². The van der Waals surface area contributed by atoms with Crippen LogP contribution in [-0.2, 0) is 0 Å². The van der Waals surface area contributed by atoms with Gasteiger partial charge in [-0.1, -0.05) is 6.92 Å². The number of nitrogens with one attached hydrogen (secondary N) is 1. The standard InChI is InChI=1S/C10H19NO/c1-7-2-8(3-7)4-9-5-11-6-10(9)12/h7-12H,2-6H2,1H3. The molecule has 70 valence electrons. The van der Waals surface area contributed by atoms with Crippen LogP contribution < -0.4 is 5.32 Å². The summed E-state index contributed by atoms with van der Waals surface area (Å²) in [5, 5.41) is 12.8. The Balaban J connectivity index is 1.72. The third-order valence-corrected chi connectivity index (χ3v) is 3.41. The van der Waals surface area contributed by atoms with Crippen molar-refractivity contribution in [2.75, 3.05) is 13.1 Å². The van der Waals surface area contributed by atoms with Crippen molar-refractivity contribution in [2.45, 2.75) is 32.3 Å². The maximum absolute atomic E-state index is 9.56. The van der Waals surface area contributed by atoms with Crippen molar-refractivity contribution in [3.63, 3.8) is 0 Å². The van der Waals surface area contributed by atoms with E-state index < -0.39 is 0 Å². The number of aliphatic hydroxyl groups excluding tert-OH is 1. The fraction of sp³-hybridized carbons (Fsp3) is 1.00. The summed E-state index contributed by atoms with van der Waals surface area (Å²) in [7, 11) is 0. The summed E-state index contributed by atoms with van der Waals surface area (Å²) in [6.07, 6.45) is 3.96. The van der Waals surface area contributed by atoms with E-state index in [1.807, 2.05) is 0 Å². The van der Waals surface area contributed by atoms with Gasteiger partial charge < -0.3 is 10.4 Å². The molecule has 1 heterocycles. The number of hydrogen-bond acceptors (Lipinski definition) is 2. The molecule has 0 aromatic rings.